The molecule has 2 aromatic heterocycles. The zero-order valence-electron chi connectivity index (χ0n) is 35.0. The number of methoxy groups -OCH3 is 2. The highest BCUT2D eigenvalue weighted by atomic mass is 16.5. The molecule has 2 aromatic carbocycles. The Morgan fingerprint density at radius 1 is 0.814 bits per heavy atom. The lowest BCUT2D eigenvalue weighted by Gasteiger charge is -2.30. The average molecular weight is 807 g/mol. The van der Waals surface area contributed by atoms with Gasteiger partial charge >= 0.3 is 12.2 Å². The molecule has 4 amide bonds. The molecule has 2 aliphatic carbocycles. The molecule has 3 aliphatic rings. The summed E-state index contributed by atoms with van der Waals surface area (Å²) in [7, 11) is 2.60. The van der Waals surface area contributed by atoms with Gasteiger partial charge in [0, 0.05) is 30.3 Å². The first-order chi connectivity index (χ1) is 28.4. The van der Waals surface area contributed by atoms with Crippen molar-refractivity contribution >= 4 is 24.0 Å². The Labute approximate surface area is 346 Å². The number of likely N-dealkylation sites (tertiary alicyclic amines) is 1. The number of carbonyl (C=O) groups excluding carboxylic acids is 4. The topological polar surface area (TPSA) is 183 Å². The van der Waals surface area contributed by atoms with Gasteiger partial charge in [-0.05, 0) is 85.0 Å². The van der Waals surface area contributed by atoms with Gasteiger partial charge in [0.15, 0.2) is 0 Å². The summed E-state index contributed by atoms with van der Waals surface area (Å²) in [6.07, 6.45) is 8.19. The number of carbonyl (C=O) groups is 4. The van der Waals surface area contributed by atoms with E-state index in [1.54, 1.807) is 0 Å². The summed E-state index contributed by atoms with van der Waals surface area (Å²) in [5, 5.41) is 8.39. The first-order valence-corrected chi connectivity index (χ1v) is 21.1. The Kier molecular flexibility index (Phi) is 12.7. The fourth-order valence-electron chi connectivity index (χ4n) is 9.12. The van der Waals surface area contributed by atoms with Crippen molar-refractivity contribution in [1.82, 2.24) is 40.8 Å². The zero-order chi connectivity index (χ0) is 41.8. The lowest BCUT2D eigenvalue weighted by molar-refractivity contribution is -0.135. The minimum atomic E-state index is -0.675. The number of H-pyrrole nitrogens is 2. The number of aryl methyl sites for hydroxylation is 2. The van der Waals surface area contributed by atoms with E-state index in [9.17, 15) is 19.2 Å². The lowest BCUT2D eigenvalue weighted by Crippen LogP contribution is -2.51. The Balaban J connectivity index is 0.987. The average Bonchev–Trinajstić information content (AvgIpc) is 4.08. The van der Waals surface area contributed by atoms with Crippen LogP contribution in [0.5, 0.6) is 0 Å². The molecular weight excluding hydrogens is 749 g/mol. The second kappa shape index (κ2) is 18.1. The van der Waals surface area contributed by atoms with Gasteiger partial charge in [-0.25, -0.2) is 19.6 Å². The molecule has 2 fully saturated rings. The van der Waals surface area contributed by atoms with Gasteiger partial charge in [-0.3, -0.25) is 9.59 Å². The number of nitrogens with zero attached hydrogens (tertiary/aromatic N) is 3. The highest BCUT2D eigenvalue weighted by Gasteiger charge is 2.38. The number of aromatic nitrogens is 4. The summed E-state index contributed by atoms with van der Waals surface area (Å²) in [4.78, 5) is 69.3. The lowest BCUT2D eigenvalue weighted by atomic mass is 9.89. The van der Waals surface area contributed by atoms with Gasteiger partial charge in [0.25, 0.3) is 0 Å². The molecule has 59 heavy (non-hydrogen) atoms. The van der Waals surface area contributed by atoms with Crippen LogP contribution in [-0.2, 0) is 31.9 Å². The van der Waals surface area contributed by atoms with E-state index in [1.165, 1.54) is 19.8 Å². The molecule has 5 atom stereocenters. The van der Waals surface area contributed by atoms with E-state index in [0.29, 0.717) is 24.9 Å². The predicted octanol–water partition coefficient (Wildman–Crippen LogP) is 7.05. The first-order valence-electron chi connectivity index (χ1n) is 21.1. The molecule has 3 heterocycles. The molecule has 0 radical (unpaired) electrons. The van der Waals surface area contributed by atoms with Gasteiger partial charge in [-0.15, -0.1) is 0 Å². The minimum Gasteiger partial charge on any atom is -0.453 e. The monoisotopic (exact) mass is 806 g/mol. The Bertz CT molecular complexity index is 2140. The standard InChI is InChI=1S/C45H58N8O6/c1-25(2)37(51-44(56)58-5)42(54)46-21-20-28-9-7-10-33(28)40-47-24-35(49-40)29-14-12-27(13-15-29)30-16-18-32-31(23-30)17-19-34-39(32)50-41(48-34)36-11-8-22-53(36)43(55)38(26(3)4)52-45(57)59-6/h12-16,18,23-26,28,33,36-38H,7-11,17,19-22H2,1-6H3,(H,46,54)(H,47,49)(H,48,50)(H,51,56)(H,52,57)/t28-,33-,36-,37-,38-/m0/s1. The minimum absolute atomic E-state index is 0.0676. The van der Waals surface area contributed by atoms with E-state index in [-0.39, 0.29) is 29.7 Å². The smallest absolute Gasteiger partial charge is 0.407 e. The second-order valence-electron chi connectivity index (χ2n) is 16.9. The maximum absolute atomic E-state index is 13.7. The molecule has 0 bridgehead atoms. The van der Waals surface area contributed by atoms with E-state index in [2.05, 4.69) is 68.4 Å². The fourth-order valence-corrected chi connectivity index (χ4v) is 9.12. The van der Waals surface area contributed by atoms with Crippen molar-refractivity contribution in [2.24, 2.45) is 17.8 Å². The van der Waals surface area contributed by atoms with Crippen LogP contribution in [0.2, 0.25) is 0 Å². The molecular formula is C45H58N8O6. The fraction of sp³-hybridized carbons (Fsp3) is 0.511. The Morgan fingerprint density at radius 2 is 1.51 bits per heavy atom. The zero-order valence-corrected chi connectivity index (χ0v) is 35.0. The van der Waals surface area contributed by atoms with Crippen LogP contribution in [0.3, 0.4) is 0 Å². The molecule has 4 aromatic rings. The normalized spacial score (nSPS) is 19.5. The van der Waals surface area contributed by atoms with E-state index >= 15 is 0 Å². The van der Waals surface area contributed by atoms with Gasteiger partial charge in [0.1, 0.15) is 23.7 Å². The SMILES string of the molecule is COC(=O)N[C@H](C(=O)NCC[C@@H]1CCC[C@@H]1c1ncc(-c2ccc(-c3ccc4c(c3)CCc3[nH]c([C@@H]5CCCN5C(=O)[C@@H](NC(=O)OC)C(C)C)nc3-4)cc2)[nH]1)C(C)C. The summed E-state index contributed by atoms with van der Waals surface area (Å²) in [5.74, 6) is 2.01. The number of amides is 4. The van der Waals surface area contributed by atoms with E-state index in [1.807, 2.05) is 38.8 Å². The molecule has 5 N–H and O–H groups in total. The summed E-state index contributed by atoms with van der Waals surface area (Å²) in [6.45, 7) is 8.78. The number of nitrogens with one attached hydrogen (secondary N) is 5. The summed E-state index contributed by atoms with van der Waals surface area (Å²) < 4.78 is 9.49. The van der Waals surface area contributed by atoms with E-state index in [4.69, 9.17) is 19.4 Å². The van der Waals surface area contributed by atoms with Crippen LogP contribution in [0.1, 0.15) is 101 Å². The number of hydrogen-bond acceptors (Lipinski definition) is 8. The van der Waals surface area contributed by atoms with Crippen LogP contribution < -0.4 is 16.0 Å². The molecule has 1 aliphatic heterocycles. The summed E-state index contributed by atoms with van der Waals surface area (Å²) >= 11 is 0. The van der Waals surface area contributed by atoms with Crippen molar-refractivity contribution in [1.29, 1.82) is 0 Å². The highest BCUT2D eigenvalue weighted by molar-refractivity contribution is 5.87. The Hall–Kier alpha value is -5.66. The molecule has 314 valence electrons. The third-order valence-corrected chi connectivity index (χ3v) is 12.4. The second-order valence-corrected chi connectivity index (χ2v) is 16.9. The molecule has 14 nitrogen and oxygen atoms in total. The largest absolute Gasteiger partial charge is 0.453 e. The number of fused-ring (bicyclic) bond motifs is 3. The molecule has 0 spiro atoms. The summed E-state index contributed by atoms with van der Waals surface area (Å²) in [5.41, 5.74) is 8.73. The van der Waals surface area contributed by atoms with Crippen molar-refractivity contribution in [3.05, 3.63) is 71.6 Å². The number of imidazole rings is 2. The van der Waals surface area contributed by atoms with Gasteiger partial charge < -0.3 is 40.3 Å². The number of hydrogen-bond donors (Lipinski definition) is 5. The first kappa shape index (κ1) is 41.5. The van der Waals surface area contributed by atoms with Crippen LogP contribution >= 0.6 is 0 Å². The number of rotatable bonds is 13. The van der Waals surface area contributed by atoms with Crippen LogP contribution in [0, 0.1) is 17.8 Å². The van der Waals surface area contributed by atoms with Gasteiger partial charge in [0.2, 0.25) is 11.8 Å². The summed E-state index contributed by atoms with van der Waals surface area (Å²) in [6, 6.07) is 13.7. The van der Waals surface area contributed by atoms with Crippen LogP contribution in [0.15, 0.2) is 48.7 Å². The van der Waals surface area contributed by atoms with Crippen LogP contribution in [0.4, 0.5) is 9.59 Å². The predicted molar refractivity (Wildman–Crippen MR) is 224 cm³/mol. The van der Waals surface area contributed by atoms with Gasteiger partial charge in [-0.1, -0.05) is 76.6 Å². The quantitative estimate of drug-likeness (QED) is 0.0953. The van der Waals surface area contributed by atoms with Crippen molar-refractivity contribution in [3.63, 3.8) is 0 Å². The van der Waals surface area contributed by atoms with E-state index < -0.39 is 24.3 Å². The van der Waals surface area contributed by atoms with Crippen molar-refractivity contribution in [2.45, 2.75) is 103 Å². The molecule has 1 saturated carbocycles. The van der Waals surface area contributed by atoms with Crippen LogP contribution in [0.25, 0.3) is 33.6 Å². The van der Waals surface area contributed by atoms with Crippen molar-refractivity contribution < 1.29 is 28.7 Å². The van der Waals surface area contributed by atoms with Gasteiger partial charge in [-0.2, -0.15) is 0 Å². The number of alkyl carbamates (subject to hydrolysis) is 2. The van der Waals surface area contributed by atoms with Crippen LogP contribution in [-0.4, -0.2) is 88.2 Å². The van der Waals surface area contributed by atoms with Gasteiger partial charge in [0.05, 0.1) is 37.8 Å². The number of aromatic amines is 2. The third kappa shape index (κ3) is 9.01. The highest BCUT2D eigenvalue weighted by Crippen LogP contribution is 2.41. The molecule has 7 rings (SSSR count). The van der Waals surface area contributed by atoms with Crippen molar-refractivity contribution in [2.75, 3.05) is 27.3 Å². The number of ether oxygens (including phenoxy) is 2. The maximum Gasteiger partial charge on any atom is 0.407 e. The van der Waals surface area contributed by atoms with E-state index in [0.717, 1.165) is 102 Å². The third-order valence-electron chi connectivity index (χ3n) is 12.4. The Morgan fingerprint density at radius 3 is 2.22 bits per heavy atom. The molecule has 14 heteroatoms. The number of benzene rings is 2. The molecule has 1 saturated heterocycles. The van der Waals surface area contributed by atoms with Crippen molar-refractivity contribution in [3.8, 4) is 33.6 Å². The maximum atomic E-state index is 13.7. The molecule has 0 unspecified atom stereocenters.